The fraction of sp³-hybridized carbons (Fsp3) is 0.450. The van der Waals surface area contributed by atoms with Gasteiger partial charge in [-0.05, 0) is 25.0 Å². The molecule has 1 aliphatic heterocycles. The second kappa shape index (κ2) is 8.33. The molecule has 0 bridgehead atoms. The Morgan fingerprint density at radius 2 is 2.14 bits per heavy atom. The summed E-state index contributed by atoms with van der Waals surface area (Å²) in [6.07, 6.45) is 10.2. The van der Waals surface area contributed by atoms with Gasteiger partial charge in [-0.2, -0.15) is 4.98 Å². The summed E-state index contributed by atoms with van der Waals surface area (Å²) < 4.78 is 7.45. The van der Waals surface area contributed by atoms with Crippen molar-refractivity contribution < 1.29 is 9.32 Å². The van der Waals surface area contributed by atoms with E-state index in [1.54, 1.807) is 18.6 Å². The Balaban J connectivity index is 1.30. The predicted octanol–water partition coefficient (Wildman–Crippen LogP) is 2.69. The second-order valence-corrected chi connectivity index (χ2v) is 6.99. The van der Waals surface area contributed by atoms with Crippen molar-refractivity contribution in [3.8, 4) is 11.5 Å². The number of carbonyl (C=O) groups excluding carboxylic acids is 1. The number of likely N-dealkylation sites (tertiary alicyclic amines) is 1. The molecule has 1 amide bonds. The zero-order valence-corrected chi connectivity index (χ0v) is 16.0. The molecule has 0 aliphatic carbocycles. The minimum Gasteiger partial charge on any atom is -0.343 e. The van der Waals surface area contributed by atoms with E-state index >= 15 is 0 Å². The Hall–Kier alpha value is -3.03. The van der Waals surface area contributed by atoms with Gasteiger partial charge < -0.3 is 14.0 Å². The van der Waals surface area contributed by atoms with E-state index in [1.165, 1.54) is 0 Å². The average molecular weight is 380 g/mol. The van der Waals surface area contributed by atoms with Gasteiger partial charge in [0.2, 0.25) is 5.91 Å². The van der Waals surface area contributed by atoms with E-state index in [-0.39, 0.29) is 11.8 Å². The lowest BCUT2D eigenvalue weighted by Crippen LogP contribution is -2.38. The van der Waals surface area contributed by atoms with E-state index in [0.717, 1.165) is 49.6 Å². The van der Waals surface area contributed by atoms with Crippen molar-refractivity contribution in [3.63, 3.8) is 0 Å². The number of hydrogen-bond acceptors (Lipinski definition) is 6. The molecule has 0 saturated carbocycles. The number of pyridine rings is 1. The molecule has 0 radical (unpaired) electrons. The fourth-order valence-corrected chi connectivity index (χ4v) is 3.63. The highest BCUT2D eigenvalue weighted by Crippen LogP contribution is 2.28. The zero-order valence-electron chi connectivity index (χ0n) is 16.0. The highest BCUT2D eigenvalue weighted by molar-refractivity contribution is 5.76. The summed E-state index contributed by atoms with van der Waals surface area (Å²) in [5.41, 5.74) is 0.819. The van der Waals surface area contributed by atoms with Gasteiger partial charge in [0.1, 0.15) is 5.82 Å². The van der Waals surface area contributed by atoms with Crippen molar-refractivity contribution in [2.75, 3.05) is 13.1 Å². The molecule has 0 aromatic carbocycles. The Morgan fingerprint density at radius 1 is 1.29 bits per heavy atom. The number of aromatic nitrogens is 5. The maximum Gasteiger partial charge on any atom is 0.259 e. The Labute approximate surface area is 163 Å². The first kappa shape index (κ1) is 18.3. The molecule has 4 heterocycles. The van der Waals surface area contributed by atoms with Crippen LogP contribution in [0.4, 0.5) is 0 Å². The number of hydrogen-bond donors (Lipinski definition) is 0. The number of aryl methyl sites for hydroxylation is 2. The third kappa shape index (κ3) is 3.95. The first-order valence-electron chi connectivity index (χ1n) is 9.76. The molecule has 28 heavy (non-hydrogen) atoms. The van der Waals surface area contributed by atoms with Crippen LogP contribution in [0.5, 0.6) is 0 Å². The normalized spacial score (nSPS) is 15.1. The zero-order chi connectivity index (χ0) is 19.3. The van der Waals surface area contributed by atoms with Crippen molar-refractivity contribution in [1.29, 1.82) is 0 Å². The Morgan fingerprint density at radius 3 is 2.89 bits per heavy atom. The van der Waals surface area contributed by atoms with E-state index in [9.17, 15) is 4.79 Å². The molecule has 3 aromatic heterocycles. The largest absolute Gasteiger partial charge is 0.343 e. The lowest BCUT2D eigenvalue weighted by molar-refractivity contribution is -0.132. The highest BCUT2D eigenvalue weighted by Gasteiger charge is 2.27. The Kier molecular flexibility index (Phi) is 5.45. The summed E-state index contributed by atoms with van der Waals surface area (Å²) in [4.78, 5) is 27.4. The third-order valence-electron chi connectivity index (χ3n) is 5.25. The molecule has 3 aromatic rings. The van der Waals surface area contributed by atoms with Gasteiger partial charge in [-0.1, -0.05) is 12.1 Å². The van der Waals surface area contributed by atoms with Crippen molar-refractivity contribution in [1.82, 2.24) is 29.6 Å². The molecular weight excluding hydrogens is 356 g/mol. The summed E-state index contributed by atoms with van der Waals surface area (Å²) in [6, 6.07) is 3.74. The highest BCUT2D eigenvalue weighted by atomic mass is 16.5. The standard InChI is InChI=1S/C20H24N6O2/c1-2-17-22-9-13-25(17)12-7-18(27)26-10-5-15(6-11-26)19-23-20(28-24-19)16-4-3-8-21-14-16/h3-4,8-9,13-15H,2,5-7,10-12H2,1H3. The van der Waals surface area contributed by atoms with Crippen molar-refractivity contribution in [3.05, 3.63) is 48.6 Å². The van der Waals surface area contributed by atoms with Crippen LogP contribution in [0.2, 0.25) is 0 Å². The van der Waals surface area contributed by atoms with Crippen LogP contribution in [0.3, 0.4) is 0 Å². The first-order chi connectivity index (χ1) is 13.7. The van der Waals surface area contributed by atoms with Gasteiger partial charge in [0, 0.05) is 63.2 Å². The van der Waals surface area contributed by atoms with E-state index in [1.807, 2.05) is 23.2 Å². The molecule has 0 atom stereocenters. The number of imidazole rings is 1. The molecule has 0 spiro atoms. The van der Waals surface area contributed by atoms with E-state index in [0.29, 0.717) is 18.9 Å². The van der Waals surface area contributed by atoms with Crippen LogP contribution < -0.4 is 0 Å². The molecule has 8 heteroatoms. The molecule has 4 rings (SSSR count). The van der Waals surface area contributed by atoms with Crippen LogP contribution in [0.25, 0.3) is 11.5 Å². The van der Waals surface area contributed by atoms with Gasteiger partial charge >= 0.3 is 0 Å². The lowest BCUT2D eigenvalue weighted by atomic mass is 9.96. The van der Waals surface area contributed by atoms with Crippen molar-refractivity contribution >= 4 is 5.91 Å². The van der Waals surface area contributed by atoms with Gasteiger partial charge in [0.25, 0.3) is 5.89 Å². The minimum atomic E-state index is 0.193. The minimum absolute atomic E-state index is 0.193. The molecule has 1 fully saturated rings. The molecular formula is C20H24N6O2. The number of amides is 1. The smallest absolute Gasteiger partial charge is 0.259 e. The van der Waals surface area contributed by atoms with Gasteiger partial charge in [-0.15, -0.1) is 0 Å². The lowest BCUT2D eigenvalue weighted by Gasteiger charge is -2.30. The van der Waals surface area contributed by atoms with Crippen LogP contribution in [0.1, 0.15) is 43.8 Å². The van der Waals surface area contributed by atoms with Crippen LogP contribution in [0, 0.1) is 0 Å². The summed E-state index contributed by atoms with van der Waals surface area (Å²) in [5.74, 6) is 2.65. The van der Waals surface area contributed by atoms with E-state index in [4.69, 9.17) is 4.52 Å². The van der Waals surface area contributed by atoms with E-state index in [2.05, 4.69) is 31.6 Å². The Bertz CT molecular complexity index is 912. The quantitative estimate of drug-likeness (QED) is 0.653. The summed E-state index contributed by atoms with van der Waals surface area (Å²) in [6.45, 7) is 4.21. The van der Waals surface area contributed by atoms with E-state index < -0.39 is 0 Å². The topological polar surface area (TPSA) is 89.9 Å². The van der Waals surface area contributed by atoms with Crippen molar-refractivity contribution in [2.24, 2.45) is 0 Å². The maximum atomic E-state index is 12.6. The fourth-order valence-electron chi connectivity index (χ4n) is 3.63. The SMILES string of the molecule is CCc1nccn1CCC(=O)N1CCC(c2noc(-c3cccnc3)n2)CC1. The molecule has 0 N–H and O–H groups in total. The van der Waals surface area contributed by atoms with Crippen LogP contribution in [0.15, 0.2) is 41.4 Å². The average Bonchev–Trinajstić information content (AvgIpc) is 3.42. The molecule has 0 unspecified atom stereocenters. The second-order valence-electron chi connectivity index (χ2n) is 6.99. The van der Waals surface area contributed by atoms with Crippen LogP contribution >= 0.6 is 0 Å². The monoisotopic (exact) mass is 380 g/mol. The first-order valence-corrected chi connectivity index (χ1v) is 9.76. The van der Waals surface area contributed by atoms with Crippen molar-refractivity contribution in [2.45, 2.75) is 45.1 Å². The summed E-state index contributed by atoms with van der Waals surface area (Å²) in [5, 5.41) is 4.15. The summed E-state index contributed by atoms with van der Waals surface area (Å²) >= 11 is 0. The van der Waals surface area contributed by atoms with Crippen LogP contribution in [-0.4, -0.2) is 48.6 Å². The third-order valence-corrected chi connectivity index (χ3v) is 5.25. The molecule has 1 aliphatic rings. The number of piperidine rings is 1. The van der Waals surface area contributed by atoms with Gasteiger partial charge in [0.05, 0.1) is 5.56 Å². The van der Waals surface area contributed by atoms with Crippen LogP contribution in [-0.2, 0) is 17.8 Å². The van der Waals surface area contributed by atoms with Gasteiger partial charge in [-0.25, -0.2) is 4.98 Å². The molecule has 146 valence electrons. The van der Waals surface area contributed by atoms with Gasteiger partial charge in [-0.3, -0.25) is 9.78 Å². The maximum absolute atomic E-state index is 12.6. The number of nitrogens with zero attached hydrogens (tertiary/aromatic N) is 6. The molecule has 8 nitrogen and oxygen atoms in total. The molecule has 1 saturated heterocycles. The number of rotatable bonds is 6. The number of carbonyl (C=O) groups is 1. The summed E-state index contributed by atoms with van der Waals surface area (Å²) in [7, 11) is 0. The van der Waals surface area contributed by atoms with Gasteiger partial charge in [0.15, 0.2) is 5.82 Å². The predicted molar refractivity (Wildman–Crippen MR) is 102 cm³/mol.